The summed E-state index contributed by atoms with van der Waals surface area (Å²) in [5, 5.41) is 11.5. The van der Waals surface area contributed by atoms with Crippen molar-refractivity contribution in [1.29, 1.82) is 0 Å². The standard InChI is InChI=1S/C27H38O4Si/c1-23(26(30-22-29-5)18-12-13-20-28)19-21-31-32(27(2,3)4,24-14-8-6-9-15-24)25-16-10-7-11-17-25/h6-11,14-17,23,26,28H,18-22H2,1-5H3/t23-,26+/m0/s1. The molecule has 0 aliphatic heterocycles. The van der Waals surface area contributed by atoms with E-state index in [2.05, 4.69) is 100 Å². The molecule has 0 bridgehead atoms. The van der Waals surface area contributed by atoms with Gasteiger partial charge in [-0.15, -0.1) is 0 Å². The summed E-state index contributed by atoms with van der Waals surface area (Å²) >= 11 is 0. The third-order valence-corrected chi connectivity index (χ3v) is 10.9. The smallest absolute Gasteiger partial charge is 0.261 e. The van der Waals surface area contributed by atoms with Crippen molar-refractivity contribution in [1.82, 2.24) is 0 Å². The predicted octanol–water partition coefficient (Wildman–Crippen LogP) is 3.96. The van der Waals surface area contributed by atoms with Gasteiger partial charge in [-0.2, -0.15) is 0 Å². The van der Waals surface area contributed by atoms with Crippen molar-refractivity contribution in [2.45, 2.75) is 51.7 Å². The zero-order chi connectivity index (χ0) is 23.5. The maximum Gasteiger partial charge on any atom is 0.261 e. The molecule has 0 saturated carbocycles. The molecule has 2 aromatic carbocycles. The summed E-state index contributed by atoms with van der Waals surface area (Å²) in [6.45, 7) is 9.75. The Hall–Kier alpha value is -1.94. The molecule has 174 valence electrons. The van der Waals surface area contributed by atoms with Crippen molar-refractivity contribution in [3.63, 3.8) is 0 Å². The van der Waals surface area contributed by atoms with Crippen molar-refractivity contribution in [2.75, 3.05) is 27.1 Å². The summed E-state index contributed by atoms with van der Waals surface area (Å²) in [6, 6.07) is 21.4. The first-order valence-electron chi connectivity index (χ1n) is 11.3. The van der Waals surface area contributed by atoms with Crippen LogP contribution in [0.1, 0.15) is 40.5 Å². The first-order chi connectivity index (χ1) is 15.4. The van der Waals surface area contributed by atoms with E-state index in [4.69, 9.17) is 19.0 Å². The van der Waals surface area contributed by atoms with Crippen LogP contribution in [0, 0.1) is 17.8 Å². The number of hydrogen-bond donors (Lipinski definition) is 1. The molecule has 0 aromatic heterocycles. The molecule has 2 aromatic rings. The lowest BCUT2D eigenvalue weighted by Gasteiger charge is -2.43. The molecular formula is C27H38O4Si. The van der Waals surface area contributed by atoms with Crippen LogP contribution in [0.2, 0.25) is 5.04 Å². The lowest BCUT2D eigenvalue weighted by Crippen LogP contribution is -2.66. The van der Waals surface area contributed by atoms with Gasteiger partial charge >= 0.3 is 0 Å². The highest BCUT2D eigenvalue weighted by Gasteiger charge is 2.50. The van der Waals surface area contributed by atoms with Crippen LogP contribution in [0.4, 0.5) is 0 Å². The van der Waals surface area contributed by atoms with Crippen LogP contribution < -0.4 is 10.4 Å². The van der Waals surface area contributed by atoms with Crippen LogP contribution in [0.15, 0.2) is 60.7 Å². The highest BCUT2D eigenvalue weighted by atomic mass is 28.4. The van der Waals surface area contributed by atoms with E-state index in [1.165, 1.54) is 10.4 Å². The minimum atomic E-state index is -2.53. The molecule has 4 nitrogen and oxygen atoms in total. The minimum Gasteiger partial charge on any atom is -0.407 e. The van der Waals surface area contributed by atoms with E-state index < -0.39 is 8.32 Å². The molecule has 0 radical (unpaired) electrons. The molecule has 0 fully saturated rings. The van der Waals surface area contributed by atoms with Crippen LogP contribution in [-0.4, -0.2) is 46.6 Å². The Morgan fingerprint density at radius 1 is 0.938 bits per heavy atom. The van der Waals surface area contributed by atoms with Gasteiger partial charge in [-0.05, 0) is 27.8 Å². The predicted molar refractivity (Wildman–Crippen MR) is 134 cm³/mol. The van der Waals surface area contributed by atoms with Gasteiger partial charge in [0.15, 0.2) is 0 Å². The van der Waals surface area contributed by atoms with Crippen molar-refractivity contribution < 1.29 is 19.0 Å². The second-order valence-electron chi connectivity index (χ2n) is 9.11. The number of methoxy groups -OCH3 is 1. The molecule has 1 N–H and O–H groups in total. The molecule has 2 atom stereocenters. The highest BCUT2D eigenvalue weighted by Crippen LogP contribution is 2.37. The van der Waals surface area contributed by atoms with Crippen LogP contribution >= 0.6 is 0 Å². The number of aliphatic hydroxyl groups excluding tert-OH is 1. The number of aliphatic hydroxyl groups is 1. The normalized spacial score (nSPS) is 13.8. The lowest BCUT2D eigenvalue weighted by atomic mass is 9.99. The average Bonchev–Trinajstić information content (AvgIpc) is 2.79. The zero-order valence-corrected chi connectivity index (χ0v) is 21.1. The Morgan fingerprint density at radius 2 is 1.50 bits per heavy atom. The molecule has 32 heavy (non-hydrogen) atoms. The molecule has 5 heteroatoms. The summed E-state index contributed by atoms with van der Waals surface area (Å²) in [5.41, 5.74) is 0. The summed E-state index contributed by atoms with van der Waals surface area (Å²) in [5.74, 6) is 5.94. The Labute approximate surface area is 195 Å². The minimum absolute atomic E-state index is 0.0441. The average molecular weight is 455 g/mol. The molecule has 2 rings (SSSR count). The molecular weight excluding hydrogens is 416 g/mol. The van der Waals surface area contributed by atoms with Crippen molar-refractivity contribution >= 4 is 18.7 Å². The summed E-state index contributed by atoms with van der Waals surface area (Å²) in [7, 11) is -0.916. The van der Waals surface area contributed by atoms with Crippen LogP contribution in [-0.2, 0) is 13.9 Å². The van der Waals surface area contributed by atoms with E-state index in [-0.39, 0.29) is 30.5 Å². The fraction of sp³-hybridized carbons (Fsp3) is 0.481. The van der Waals surface area contributed by atoms with Crippen molar-refractivity contribution in [3.05, 3.63) is 60.7 Å². The third-order valence-electron chi connectivity index (χ3n) is 5.85. The first kappa shape index (κ1) is 26.3. The first-order valence-corrected chi connectivity index (χ1v) is 13.2. The number of rotatable bonds is 11. The van der Waals surface area contributed by atoms with Gasteiger partial charge in [0.25, 0.3) is 8.32 Å². The molecule has 0 aliphatic rings. The van der Waals surface area contributed by atoms with E-state index >= 15 is 0 Å². The van der Waals surface area contributed by atoms with Gasteiger partial charge in [-0.1, -0.05) is 100 Å². The monoisotopic (exact) mass is 454 g/mol. The molecule has 0 spiro atoms. The summed E-state index contributed by atoms with van der Waals surface area (Å²) < 4.78 is 18.0. The fourth-order valence-electron chi connectivity index (χ4n) is 4.15. The van der Waals surface area contributed by atoms with Gasteiger partial charge in [-0.3, -0.25) is 0 Å². The number of hydrogen-bond acceptors (Lipinski definition) is 4. The molecule has 0 heterocycles. The Kier molecular flexibility index (Phi) is 10.6. The van der Waals surface area contributed by atoms with Gasteiger partial charge in [0, 0.05) is 20.1 Å². The maximum atomic E-state index is 8.96. The van der Waals surface area contributed by atoms with E-state index in [1.54, 1.807) is 7.11 Å². The molecule has 0 saturated heterocycles. The van der Waals surface area contributed by atoms with E-state index in [1.807, 2.05) is 0 Å². The Bertz CT molecular complexity index is 797. The molecule has 0 unspecified atom stereocenters. The quantitative estimate of drug-likeness (QED) is 0.317. The van der Waals surface area contributed by atoms with Gasteiger partial charge < -0.3 is 19.0 Å². The second-order valence-corrected chi connectivity index (χ2v) is 13.4. The van der Waals surface area contributed by atoms with E-state index in [0.717, 1.165) is 6.42 Å². The van der Waals surface area contributed by atoms with Crippen molar-refractivity contribution in [2.24, 2.45) is 5.92 Å². The maximum absolute atomic E-state index is 8.96. The van der Waals surface area contributed by atoms with E-state index in [9.17, 15) is 0 Å². The SMILES string of the molecule is COCO[C@H](CC#CCO)[C@@H](C)CCO[Si](c1ccccc1)(c1ccccc1)C(C)(C)C. The molecule has 0 amide bonds. The van der Waals surface area contributed by atoms with Crippen LogP contribution in [0.3, 0.4) is 0 Å². The van der Waals surface area contributed by atoms with Gasteiger partial charge in [-0.25, -0.2) is 0 Å². The summed E-state index contributed by atoms with van der Waals surface area (Å²) in [6.07, 6.45) is 1.33. The Morgan fingerprint density at radius 3 is 1.97 bits per heavy atom. The van der Waals surface area contributed by atoms with Crippen LogP contribution in [0.25, 0.3) is 0 Å². The van der Waals surface area contributed by atoms with Gasteiger partial charge in [0.05, 0.1) is 6.10 Å². The number of benzene rings is 2. The zero-order valence-electron chi connectivity index (χ0n) is 20.1. The van der Waals surface area contributed by atoms with Gasteiger partial charge in [0.2, 0.25) is 0 Å². The molecule has 0 aliphatic carbocycles. The fourth-order valence-corrected chi connectivity index (χ4v) is 8.73. The largest absolute Gasteiger partial charge is 0.407 e. The van der Waals surface area contributed by atoms with E-state index in [0.29, 0.717) is 13.0 Å². The topological polar surface area (TPSA) is 47.9 Å². The summed E-state index contributed by atoms with van der Waals surface area (Å²) in [4.78, 5) is 0. The number of ether oxygens (including phenoxy) is 2. The van der Waals surface area contributed by atoms with Crippen molar-refractivity contribution in [3.8, 4) is 11.8 Å². The van der Waals surface area contributed by atoms with Crippen LogP contribution in [0.5, 0.6) is 0 Å². The highest BCUT2D eigenvalue weighted by molar-refractivity contribution is 6.99. The lowest BCUT2D eigenvalue weighted by molar-refractivity contribution is -0.0888. The van der Waals surface area contributed by atoms with Gasteiger partial charge in [0.1, 0.15) is 13.4 Å². The Balaban J connectivity index is 2.27. The second kappa shape index (κ2) is 12.9. The third kappa shape index (κ3) is 6.78.